The van der Waals surface area contributed by atoms with Gasteiger partial charge in [-0.05, 0) is 18.2 Å². The first-order valence-electron chi connectivity index (χ1n) is 4.73. The molecule has 5 heteroatoms. The van der Waals surface area contributed by atoms with Crippen molar-refractivity contribution in [1.82, 2.24) is 4.98 Å². The molecule has 0 bridgehead atoms. The fourth-order valence-electron chi connectivity index (χ4n) is 1.35. The normalized spacial score (nSPS) is 10.4. The van der Waals surface area contributed by atoms with E-state index in [0.717, 1.165) is 0 Å². The Bertz CT molecular complexity index is 496. The van der Waals surface area contributed by atoms with Crippen LogP contribution >= 0.6 is 0 Å². The molecule has 0 unspecified atom stereocenters. The lowest BCUT2D eigenvalue weighted by Gasteiger charge is -2.03. The zero-order valence-corrected chi connectivity index (χ0v) is 8.74. The van der Waals surface area contributed by atoms with E-state index in [9.17, 15) is 4.39 Å². The lowest BCUT2D eigenvalue weighted by atomic mass is 10.2. The van der Waals surface area contributed by atoms with E-state index < -0.39 is 5.82 Å². The number of ether oxygens (including phenoxy) is 1. The first-order valence-corrected chi connectivity index (χ1v) is 4.73. The molecule has 0 radical (unpaired) electrons. The van der Waals surface area contributed by atoms with Gasteiger partial charge in [0.25, 0.3) is 0 Å². The number of nitrogens with two attached hydrogens (primary N) is 1. The molecule has 1 aromatic carbocycles. The maximum absolute atomic E-state index is 13.2. The number of hydrogen-bond donors (Lipinski definition) is 1. The minimum Gasteiger partial charge on any atom is -0.494 e. The second kappa shape index (κ2) is 4.32. The second-order valence-electron chi connectivity index (χ2n) is 3.17. The molecule has 2 aromatic rings. The first-order chi connectivity index (χ1) is 7.74. The Morgan fingerprint density at radius 3 is 2.94 bits per heavy atom. The largest absolute Gasteiger partial charge is 0.494 e. The molecule has 1 aromatic heterocycles. The molecule has 4 nitrogen and oxygen atoms in total. The van der Waals surface area contributed by atoms with Gasteiger partial charge < -0.3 is 14.9 Å². The monoisotopic (exact) mass is 222 g/mol. The molecule has 0 saturated heterocycles. The summed E-state index contributed by atoms with van der Waals surface area (Å²) in [7, 11) is 1.41. The van der Waals surface area contributed by atoms with Gasteiger partial charge in [0.1, 0.15) is 0 Å². The zero-order valence-electron chi connectivity index (χ0n) is 8.74. The Morgan fingerprint density at radius 1 is 1.50 bits per heavy atom. The average molecular weight is 222 g/mol. The van der Waals surface area contributed by atoms with Crippen molar-refractivity contribution in [1.29, 1.82) is 0 Å². The van der Waals surface area contributed by atoms with Gasteiger partial charge in [-0.25, -0.2) is 9.37 Å². The minimum absolute atomic E-state index is 0.170. The fraction of sp³-hybridized carbons (Fsp3) is 0.182. The molecule has 0 aliphatic rings. The predicted molar refractivity (Wildman–Crippen MR) is 56.3 cm³/mol. The van der Waals surface area contributed by atoms with E-state index in [0.29, 0.717) is 17.2 Å². The third kappa shape index (κ3) is 1.90. The number of hydrogen-bond acceptors (Lipinski definition) is 4. The number of rotatable bonds is 3. The van der Waals surface area contributed by atoms with Crippen LogP contribution in [0.4, 0.5) is 4.39 Å². The maximum atomic E-state index is 13.2. The average Bonchev–Trinajstić information content (AvgIpc) is 2.78. The molecule has 0 saturated carbocycles. The van der Waals surface area contributed by atoms with Gasteiger partial charge in [-0.2, -0.15) is 0 Å². The van der Waals surface area contributed by atoms with Crippen molar-refractivity contribution in [2.24, 2.45) is 5.73 Å². The molecule has 84 valence electrons. The van der Waals surface area contributed by atoms with Gasteiger partial charge in [0, 0.05) is 5.56 Å². The smallest absolute Gasteiger partial charge is 0.208 e. The van der Waals surface area contributed by atoms with Crippen LogP contribution in [0, 0.1) is 5.82 Å². The van der Waals surface area contributed by atoms with Crippen LogP contribution in [0.1, 0.15) is 5.89 Å². The number of halogens is 1. The quantitative estimate of drug-likeness (QED) is 0.862. The highest BCUT2D eigenvalue weighted by molar-refractivity contribution is 5.58. The number of benzene rings is 1. The number of nitrogens with zero attached hydrogens (tertiary/aromatic N) is 1. The van der Waals surface area contributed by atoms with Crippen molar-refractivity contribution >= 4 is 0 Å². The van der Waals surface area contributed by atoms with E-state index in [2.05, 4.69) is 4.98 Å². The summed E-state index contributed by atoms with van der Waals surface area (Å²) in [5, 5.41) is 0. The van der Waals surface area contributed by atoms with E-state index in [-0.39, 0.29) is 12.3 Å². The van der Waals surface area contributed by atoms with E-state index in [1.807, 2.05) is 0 Å². The fourth-order valence-corrected chi connectivity index (χ4v) is 1.35. The molecule has 0 aliphatic heterocycles. The highest BCUT2D eigenvalue weighted by Crippen LogP contribution is 2.26. The maximum Gasteiger partial charge on any atom is 0.208 e. The van der Waals surface area contributed by atoms with Crippen LogP contribution in [0.3, 0.4) is 0 Å². The summed E-state index contributed by atoms with van der Waals surface area (Å²) in [5.74, 6) is 0.741. The summed E-state index contributed by atoms with van der Waals surface area (Å²) < 4.78 is 23.4. The third-order valence-corrected chi connectivity index (χ3v) is 2.16. The van der Waals surface area contributed by atoms with Gasteiger partial charge >= 0.3 is 0 Å². The van der Waals surface area contributed by atoms with Gasteiger partial charge in [-0.1, -0.05) is 0 Å². The molecule has 0 amide bonds. The van der Waals surface area contributed by atoms with Crippen LogP contribution in [-0.4, -0.2) is 12.1 Å². The van der Waals surface area contributed by atoms with Gasteiger partial charge in [-0.15, -0.1) is 0 Å². The van der Waals surface area contributed by atoms with Gasteiger partial charge in [0.2, 0.25) is 5.89 Å². The van der Waals surface area contributed by atoms with Crippen molar-refractivity contribution < 1.29 is 13.5 Å². The van der Waals surface area contributed by atoms with Gasteiger partial charge in [-0.3, -0.25) is 0 Å². The van der Waals surface area contributed by atoms with Crippen molar-refractivity contribution in [2.45, 2.75) is 6.54 Å². The van der Waals surface area contributed by atoms with E-state index in [1.165, 1.54) is 13.2 Å². The molecule has 0 spiro atoms. The van der Waals surface area contributed by atoms with Crippen LogP contribution in [0.25, 0.3) is 11.3 Å². The van der Waals surface area contributed by atoms with Crippen molar-refractivity contribution in [3.05, 3.63) is 36.1 Å². The summed E-state index contributed by atoms with van der Waals surface area (Å²) >= 11 is 0. The molecule has 16 heavy (non-hydrogen) atoms. The molecule has 0 aliphatic carbocycles. The van der Waals surface area contributed by atoms with E-state index >= 15 is 0 Å². The predicted octanol–water partition coefficient (Wildman–Crippen LogP) is 1.95. The molecule has 2 N–H and O–H groups in total. The minimum atomic E-state index is -0.412. The molecular weight excluding hydrogens is 211 g/mol. The lowest BCUT2D eigenvalue weighted by Crippen LogP contribution is -1.94. The summed E-state index contributed by atoms with van der Waals surface area (Å²) in [6, 6.07) is 4.47. The van der Waals surface area contributed by atoms with E-state index in [1.54, 1.807) is 18.3 Å². The number of oxazole rings is 1. The molecule has 0 fully saturated rings. The Hall–Kier alpha value is -1.88. The summed E-state index contributed by atoms with van der Waals surface area (Å²) in [6.45, 7) is 0.234. The van der Waals surface area contributed by atoms with Gasteiger partial charge in [0.15, 0.2) is 17.3 Å². The highest BCUT2D eigenvalue weighted by Gasteiger charge is 2.09. The van der Waals surface area contributed by atoms with Crippen LogP contribution < -0.4 is 10.5 Å². The summed E-state index contributed by atoms with van der Waals surface area (Å²) in [6.07, 6.45) is 1.55. The standard InChI is InChI=1S/C11H11FN2O2/c1-15-9-4-7(2-3-8(9)12)10-6-14-11(5-13)16-10/h2-4,6H,5,13H2,1H3. The van der Waals surface area contributed by atoms with Crippen LogP contribution in [0.2, 0.25) is 0 Å². The molecule has 0 atom stereocenters. The Balaban J connectivity index is 2.40. The summed E-state index contributed by atoms with van der Waals surface area (Å²) in [5.41, 5.74) is 6.08. The highest BCUT2D eigenvalue weighted by atomic mass is 19.1. The number of methoxy groups -OCH3 is 1. The SMILES string of the molecule is COc1cc(-c2cnc(CN)o2)ccc1F. The number of aromatic nitrogens is 1. The second-order valence-corrected chi connectivity index (χ2v) is 3.17. The summed E-state index contributed by atoms with van der Waals surface area (Å²) in [4.78, 5) is 3.96. The van der Waals surface area contributed by atoms with Crippen LogP contribution in [0.15, 0.2) is 28.8 Å². The third-order valence-electron chi connectivity index (χ3n) is 2.16. The van der Waals surface area contributed by atoms with Crippen LogP contribution in [0.5, 0.6) is 5.75 Å². The van der Waals surface area contributed by atoms with E-state index in [4.69, 9.17) is 14.9 Å². The Kier molecular flexibility index (Phi) is 2.87. The topological polar surface area (TPSA) is 61.3 Å². The van der Waals surface area contributed by atoms with Crippen molar-refractivity contribution in [2.75, 3.05) is 7.11 Å². The molecule has 1 heterocycles. The lowest BCUT2D eigenvalue weighted by molar-refractivity contribution is 0.386. The Morgan fingerprint density at radius 2 is 2.31 bits per heavy atom. The van der Waals surface area contributed by atoms with Crippen molar-refractivity contribution in [3.8, 4) is 17.1 Å². The van der Waals surface area contributed by atoms with Gasteiger partial charge in [0.05, 0.1) is 19.9 Å². The molecular formula is C11H11FN2O2. The van der Waals surface area contributed by atoms with Crippen LogP contribution in [-0.2, 0) is 6.54 Å². The zero-order chi connectivity index (χ0) is 11.5. The molecule has 2 rings (SSSR count). The Labute approximate surface area is 91.9 Å². The first kappa shape index (κ1) is 10.6. The van der Waals surface area contributed by atoms with Crippen molar-refractivity contribution in [3.63, 3.8) is 0 Å².